The number of hydrogen-bond donors (Lipinski definition) is 1. The number of benzene rings is 1. The second kappa shape index (κ2) is 5.88. The number of urea groups is 1. The Bertz CT molecular complexity index is 837. The summed E-state index contributed by atoms with van der Waals surface area (Å²) in [4.78, 5) is 32.5. The maximum atomic E-state index is 12.6. The molecule has 2 fully saturated rings. The second-order valence-corrected chi connectivity index (χ2v) is 6.71. The minimum absolute atomic E-state index is 0.0238. The quantitative estimate of drug-likeness (QED) is 0.916. The number of aromatic nitrogens is 1. The van der Waals surface area contributed by atoms with Crippen molar-refractivity contribution in [3.8, 4) is 11.3 Å². The first-order chi connectivity index (χ1) is 12.0. The molecule has 3 heterocycles. The normalized spacial score (nSPS) is 21.8. The summed E-state index contributed by atoms with van der Waals surface area (Å²) >= 11 is 0. The number of aryl methyl sites for hydroxylation is 1. The Morgan fingerprint density at radius 3 is 2.84 bits per heavy atom. The van der Waals surface area contributed by atoms with Crippen LogP contribution in [0.5, 0.6) is 0 Å². The molecule has 2 atom stereocenters. The molecule has 3 amide bonds. The summed E-state index contributed by atoms with van der Waals surface area (Å²) in [5.41, 5.74) is 3.66. The summed E-state index contributed by atoms with van der Waals surface area (Å²) in [6.07, 6.45) is 2.52. The van der Waals surface area contributed by atoms with Gasteiger partial charge in [0.1, 0.15) is 6.04 Å². The van der Waals surface area contributed by atoms with E-state index in [1.54, 1.807) is 23.0 Å². The number of pyridine rings is 1. The molecule has 1 aromatic heterocycles. The van der Waals surface area contributed by atoms with E-state index in [4.69, 9.17) is 0 Å². The number of rotatable bonds is 2. The smallest absolute Gasteiger partial charge is 0.322 e. The van der Waals surface area contributed by atoms with E-state index in [0.717, 1.165) is 23.2 Å². The van der Waals surface area contributed by atoms with Crippen molar-refractivity contribution in [3.05, 3.63) is 48.2 Å². The minimum atomic E-state index is -0.315. The molecule has 0 radical (unpaired) electrons. The van der Waals surface area contributed by atoms with Gasteiger partial charge in [-0.25, -0.2) is 4.79 Å². The molecular weight excluding hydrogens is 316 g/mol. The van der Waals surface area contributed by atoms with E-state index in [1.165, 1.54) is 0 Å². The van der Waals surface area contributed by atoms with Crippen LogP contribution in [0.3, 0.4) is 0 Å². The fourth-order valence-electron chi connectivity index (χ4n) is 3.64. The standard InChI is InChI=1S/C19H20N4O2/c1-12-6-7-13(9-15(12)16-5-3-4-8-20-16)21-19(25)23-14-10-17(23)18(24)22(2)11-14/h3-9,14,17H,10-11H2,1-2H3,(H,21,25)/t14-,17+/m1/s1. The Labute approximate surface area is 146 Å². The fraction of sp³-hybridized carbons (Fsp3) is 0.316. The molecule has 0 unspecified atom stereocenters. The van der Waals surface area contributed by atoms with Crippen molar-refractivity contribution in [3.63, 3.8) is 0 Å². The predicted molar refractivity (Wildman–Crippen MR) is 95.1 cm³/mol. The van der Waals surface area contributed by atoms with Gasteiger partial charge in [-0.1, -0.05) is 12.1 Å². The third-order valence-electron chi connectivity index (χ3n) is 5.03. The van der Waals surface area contributed by atoms with E-state index in [1.807, 2.05) is 43.3 Å². The van der Waals surface area contributed by atoms with Gasteiger partial charge in [-0.15, -0.1) is 0 Å². The van der Waals surface area contributed by atoms with Crippen LogP contribution in [-0.2, 0) is 4.79 Å². The first-order valence-corrected chi connectivity index (χ1v) is 8.41. The van der Waals surface area contributed by atoms with Crippen LogP contribution >= 0.6 is 0 Å². The zero-order chi connectivity index (χ0) is 17.6. The molecule has 1 aromatic carbocycles. The monoisotopic (exact) mass is 336 g/mol. The highest BCUT2D eigenvalue weighted by Gasteiger charge is 2.51. The number of likely N-dealkylation sites (tertiary alicyclic amines) is 2. The predicted octanol–water partition coefficient (Wildman–Crippen LogP) is 2.50. The number of nitrogens with zero attached hydrogens (tertiary/aromatic N) is 3. The molecule has 2 aliphatic rings. The summed E-state index contributed by atoms with van der Waals surface area (Å²) in [6, 6.07) is 11.1. The maximum Gasteiger partial charge on any atom is 0.322 e. The number of carbonyl (C=O) groups is 2. The van der Waals surface area contributed by atoms with Gasteiger partial charge in [0.05, 0.1) is 11.7 Å². The zero-order valence-corrected chi connectivity index (χ0v) is 14.3. The molecule has 4 rings (SSSR count). The number of amides is 3. The maximum absolute atomic E-state index is 12.6. The summed E-state index contributed by atoms with van der Waals surface area (Å²) < 4.78 is 0. The van der Waals surface area contributed by atoms with Crippen molar-refractivity contribution in [2.45, 2.75) is 25.4 Å². The number of piperazine rings is 1. The van der Waals surface area contributed by atoms with E-state index in [-0.39, 0.29) is 24.0 Å². The SMILES string of the molecule is Cc1ccc(NC(=O)N2[C@@H]3C[C@H]2C(=O)N(C)C3)cc1-c1ccccn1. The van der Waals surface area contributed by atoms with Crippen molar-refractivity contribution >= 4 is 17.6 Å². The molecule has 128 valence electrons. The van der Waals surface area contributed by atoms with Crippen LogP contribution in [0.4, 0.5) is 10.5 Å². The van der Waals surface area contributed by atoms with Crippen LogP contribution in [0.1, 0.15) is 12.0 Å². The number of nitrogens with one attached hydrogen (secondary N) is 1. The molecule has 6 heteroatoms. The van der Waals surface area contributed by atoms with Crippen LogP contribution in [0.15, 0.2) is 42.6 Å². The molecule has 2 saturated heterocycles. The summed E-state index contributed by atoms with van der Waals surface area (Å²) in [6.45, 7) is 2.62. The van der Waals surface area contributed by atoms with Crippen LogP contribution < -0.4 is 5.32 Å². The molecule has 0 aliphatic carbocycles. The first-order valence-electron chi connectivity index (χ1n) is 8.41. The second-order valence-electron chi connectivity index (χ2n) is 6.71. The molecule has 6 nitrogen and oxygen atoms in total. The van der Waals surface area contributed by atoms with Gasteiger partial charge in [-0.2, -0.15) is 0 Å². The van der Waals surface area contributed by atoms with Crippen molar-refractivity contribution in [1.29, 1.82) is 0 Å². The van der Waals surface area contributed by atoms with Gasteiger partial charge in [0, 0.05) is 31.0 Å². The largest absolute Gasteiger partial charge is 0.342 e. The van der Waals surface area contributed by atoms with Gasteiger partial charge in [0.2, 0.25) is 5.91 Å². The number of carbonyl (C=O) groups excluding carboxylic acids is 2. The van der Waals surface area contributed by atoms with Gasteiger partial charge in [0.25, 0.3) is 0 Å². The van der Waals surface area contributed by atoms with Crippen LogP contribution in [0.2, 0.25) is 0 Å². The van der Waals surface area contributed by atoms with Gasteiger partial charge in [0.15, 0.2) is 0 Å². The molecule has 2 bridgehead atoms. The third kappa shape index (κ3) is 2.63. The Morgan fingerprint density at radius 2 is 2.12 bits per heavy atom. The molecule has 25 heavy (non-hydrogen) atoms. The van der Waals surface area contributed by atoms with Crippen LogP contribution in [0.25, 0.3) is 11.3 Å². The summed E-state index contributed by atoms with van der Waals surface area (Å²) in [5.74, 6) is 0.0238. The summed E-state index contributed by atoms with van der Waals surface area (Å²) in [7, 11) is 1.79. The molecule has 0 spiro atoms. The van der Waals surface area contributed by atoms with Gasteiger partial charge in [-0.05, 0) is 43.2 Å². The van der Waals surface area contributed by atoms with Crippen molar-refractivity contribution in [2.75, 3.05) is 18.9 Å². The highest BCUT2D eigenvalue weighted by Crippen LogP contribution is 2.33. The lowest BCUT2D eigenvalue weighted by molar-refractivity contribution is -0.151. The van der Waals surface area contributed by atoms with E-state index in [0.29, 0.717) is 12.2 Å². The van der Waals surface area contributed by atoms with Gasteiger partial charge < -0.3 is 15.1 Å². The molecular formula is C19H20N4O2. The van der Waals surface area contributed by atoms with E-state index < -0.39 is 0 Å². The molecule has 2 aliphatic heterocycles. The molecule has 1 N–H and O–H groups in total. The van der Waals surface area contributed by atoms with Crippen LogP contribution in [0, 0.1) is 6.92 Å². The van der Waals surface area contributed by atoms with E-state index in [2.05, 4.69) is 10.3 Å². The number of hydrogen-bond acceptors (Lipinski definition) is 3. The number of fused-ring (bicyclic) bond motifs is 2. The fourth-order valence-corrected chi connectivity index (χ4v) is 3.64. The highest BCUT2D eigenvalue weighted by atomic mass is 16.2. The average molecular weight is 336 g/mol. The van der Waals surface area contributed by atoms with Crippen molar-refractivity contribution in [1.82, 2.24) is 14.8 Å². The lowest BCUT2D eigenvalue weighted by Crippen LogP contribution is -2.72. The van der Waals surface area contributed by atoms with Gasteiger partial charge in [-0.3, -0.25) is 9.78 Å². The van der Waals surface area contributed by atoms with Crippen LogP contribution in [-0.4, -0.2) is 52.4 Å². The molecule has 2 aromatic rings. The Balaban J connectivity index is 1.54. The number of anilines is 1. The zero-order valence-electron chi connectivity index (χ0n) is 14.3. The average Bonchev–Trinajstić information content (AvgIpc) is 2.59. The number of likely N-dealkylation sites (N-methyl/N-ethyl adjacent to an activating group) is 1. The van der Waals surface area contributed by atoms with E-state index >= 15 is 0 Å². The van der Waals surface area contributed by atoms with Gasteiger partial charge >= 0.3 is 6.03 Å². The van der Waals surface area contributed by atoms with Crippen molar-refractivity contribution in [2.24, 2.45) is 0 Å². The highest BCUT2D eigenvalue weighted by molar-refractivity contribution is 5.97. The van der Waals surface area contributed by atoms with E-state index in [9.17, 15) is 9.59 Å². The third-order valence-corrected chi connectivity index (χ3v) is 5.03. The minimum Gasteiger partial charge on any atom is -0.342 e. The molecule has 0 saturated carbocycles. The topological polar surface area (TPSA) is 65.5 Å². The Hall–Kier alpha value is -2.89. The lowest BCUT2D eigenvalue weighted by atomic mass is 9.87. The Morgan fingerprint density at radius 1 is 1.28 bits per heavy atom. The number of piperidine rings is 1. The van der Waals surface area contributed by atoms with Crippen molar-refractivity contribution < 1.29 is 9.59 Å². The lowest BCUT2D eigenvalue weighted by Gasteiger charge is -2.54. The first kappa shape index (κ1) is 15.6. The Kier molecular flexibility index (Phi) is 3.67. The summed E-state index contributed by atoms with van der Waals surface area (Å²) in [5, 5.41) is 2.93.